The maximum Gasteiger partial charge on any atom is 0.416 e. The van der Waals surface area contributed by atoms with Crippen molar-refractivity contribution in [2.24, 2.45) is 5.41 Å². The summed E-state index contributed by atoms with van der Waals surface area (Å²) in [6, 6.07) is 9.77. The van der Waals surface area contributed by atoms with Gasteiger partial charge >= 0.3 is 12.1 Å². The lowest BCUT2D eigenvalue weighted by Gasteiger charge is -2.25. The Morgan fingerprint density at radius 1 is 1.03 bits per heavy atom. The molecule has 4 rings (SSSR count). The number of hydrogen-bond acceptors (Lipinski definition) is 5. The summed E-state index contributed by atoms with van der Waals surface area (Å²) in [5, 5.41) is 2.64. The summed E-state index contributed by atoms with van der Waals surface area (Å²) in [7, 11) is 0. The van der Waals surface area contributed by atoms with Gasteiger partial charge in [0.2, 0.25) is 11.8 Å². The van der Waals surface area contributed by atoms with Gasteiger partial charge in [0.1, 0.15) is 24.0 Å². The van der Waals surface area contributed by atoms with Gasteiger partial charge in [0, 0.05) is 11.7 Å². The highest BCUT2D eigenvalue weighted by molar-refractivity contribution is 6.04. The van der Waals surface area contributed by atoms with Crippen LogP contribution >= 0.6 is 0 Å². The van der Waals surface area contributed by atoms with E-state index in [1.807, 2.05) is 6.92 Å². The van der Waals surface area contributed by atoms with E-state index in [2.05, 4.69) is 5.32 Å². The monoisotopic (exact) mass is 490 g/mol. The summed E-state index contributed by atoms with van der Waals surface area (Å²) < 4.78 is 48.6. The molecule has 2 aromatic carbocycles. The van der Waals surface area contributed by atoms with Crippen molar-refractivity contribution >= 4 is 23.5 Å². The molecule has 35 heavy (non-hydrogen) atoms. The van der Waals surface area contributed by atoms with Crippen molar-refractivity contribution in [3.05, 3.63) is 54.1 Å². The summed E-state index contributed by atoms with van der Waals surface area (Å²) in [5.41, 5.74) is -0.458. The number of anilines is 1. The van der Waals surface area contributed by atoms with Gasteiger partial charge in [-0.25, -0.2) is 4.79 Å². The molecule has 0 aromatic heterocycles. The van der Waals surface area contributed by atoms with Crippen molar-refractivity contribution in [1.82, 2.24) is 4.90 Å². The zero-order valence-electron chi connectivity index (χ0n) is 19.2. The fourth-order valence-corrected chi connectivity index (χ4v) is 4.46. The summed E-state index contributed by atoms with van der Waals surface area (Å²) in [6.45, 7) is 3.94. The Balaban J connectivity index is 1.32. The zero-order valence-corrected chi connectivity index (χ0v) is 19.2. The van der Waals surface area contributed by atoms with Crippen LogP contribution in [0.15, 0.2) is 48.5 Å². The standard InChI is InChI=1S/C25H25F3N2O5/c1-3-34-23(33)19-13-24(2)14-20(24)30(19)22(32)12-21(31)29-16-6-10-18(11-7-16)35-17-8-4-15(5-9-17)25(26,27)28/h4-11,19-20H,3,12-14H2,1-2H3,(H,29,31)/t19-,20-,24+/m0/s1. The zero-order chi connectivity index (χ0) is 25.4. The number of halogens is 3. The second-order valence-electron chi connectivity index (χ2n) is 9.02. The lowest BCUT2D eigenvalue weighted by Crippen LogP contribution is -2.45. The number of alkyl halides is 3. The summed E-state index contributed by atoms with van der Waals surface area (Å²) in [4.78, 5) is 39.1. The molecule has 0 spiro atoms. The molecule has 7 nitrogen and oxygen atoms in total. The Kier molecular flexibility index (Phi) is 6.48. The number of esters is 1. The predicted molar refractivity (Wildman–Crippen MR) is 120 cm³/mol. The highest BCUT2D eigenvalue weighted by atomic mass is 19.4. The van der Waals surface area contributed by atoms with Crippen LogP contribution in [-0.4, -0.2) is 41.4 Å². The van der Waals surface area contributed by atoms with Crippen molar-refractivity contribution in [2.45, 2.75) is 51.4 Å². The van der Waals surface area contributed by atoms with Crippen LogP contribution in [-0.2, 0) is 25.3 Å². The normalized spacial score (nSPS) is 22.8. The highest BCUT2D eigenvalue weighted by Gasteiger charge is 2.64. The van der Waals surface area contributed by atoms with Crippen LogP contribution in [0.4, 0.5) is 18.9 Å². The number of amides is 2. The summed E-state index contributed by atoms with van der Waals surface area (Å²) in [6.07, 6.45) is -3.50. The molecule has 1 N–H and O–H groups in total. The molecule has 1 aliphatic heterocycles. The van der Waals surface area contributed by atoms with E-state index in [4.69, 9.17) is 9.47 Å². The fourth-order valence-electron chi connectivity index (χ4n) is 4.46. The molecular formula is C25H25F3N2O5. The van der Waals surface area contributed by atoms with Gasteiger partial charge in [0.15, 0.2) is 0 Å². The Morgan fingerprint density at radius 3 is 2.20 bits per heavy atom. The lowest BCUT2D eigenvalue weighted by molar-refractivity contribution is -0.154. The van der Waals surface area contributed by atoms with Crippen molar-refractivity contribution in [2.75, 3.05) is 11.9 Å². The van der Waals surface area contributed by atoms with Crippen molar-refractivity contribution in [3.8, 4) is 11.5 Å². The second kappa shape index (κ2) is 9.24. The van der Waals surface area contributed by atoms with Gasteiger partial charge in [-0.3, -0.25) is 9.59 Å². The minimum absolute atomic E-state index is 0.0566. The van der Waals surface area contributed by atoms with Crippen LogP contribution in [0.2, 0.25) is 0 Å². The number of fused-ring (bicyclic) bond motifs is 1. The Morgan fingerprint density at radius 2 is 1.63 bits per heavy atom. The summed E-state index contributed by atoms with van der Waals surface area (Å²) in [5.74, 6) is -0.800. The third-order valence-corrected chi connectivity index (χ3v) is 6.35. The first-order valence-electron chi connectivity index (χ1n) is 11.2. The molecule has 2 fully saturated rings. The SMILES string of the molecule is CCOC(=O)[C@@H]1C[C@]2(C)C[C@@H]2N1C(=O)CC(=O)Nc1ccc(Oc2ccc(C(F)(F)F)cc2)cc1. The first kappa shape index (κ1) is 24.6. The van der Waals surface area contributed by atoms with E-state index in [0.29, 0.717) is 17.9 Å². The molecule has 2 amide bonds. The number of nitrogens with zero attached hydrogens (tertiary/aromatic N) is 1. The average Bonchev–Trinajstić information content (AvgIpc) is 3.35. The predicted octanol–water partition coefficient (Wildman–Crippen LogP) is 4.77. The minimum Gasteiger partial charge on any atom is -0.464 e. The van der Waals surface area contributed by atoms with E-state index >= 15 is 0 Å². The first-order chi connectivity index (χ1) is 16.5. The topological polar surface area (TPSA) is 84.9 Å². The number of benzene rings is 2. The molecule has 1 aliphatic carbocycles. The molecule has 1 saturated carbocycles. The van der Waals surface area contributed by atoms with Crippen LogP contribution in [0.1, 0.15) is 38.7 Å². The number of ether oxygens (including phenoxy) is 2. The molecular weight excluding hydrogens is 465 g/mol. The molecule has 3 atom stereocenters. The van der Waals surface area contributed by atoms with Gasteiger partial charge in [-0.2, -0.15) is 13.2 Å². The number of piperidine rings is 1. The number of likely N-dealkylation sites (tertiary alicyclic amines) is 1. The molecule has 1 heterocycles. The van der Waals surface area contributed by atoms with E-state index in [-0.39, 0.29) is 23.8 Å². The van der Waals surface area contributed by atoms with Gasteiger partial charge < -0.3 is 19.7 Å². The largest absolute Gasteiger partial charge is 0.464 e. The quantitative estimate of drug-likeness (QED) is 0.447. The van der Waals surface area contributed by atoms with Gasteiger partial charge in [0.25, 0.3) is 0 Å². The minimum atomic E-state index is -4.42. The van der Waals surface area contributed by atoms with Gasteiger partial charge in [-0.1, -0.05) is 6.92 Å². The molecule has 0 radical (unpaired) electrons. The number of nitrogens with one attached hydrogen (secondary N) is 1. The van der Waals surface area contributed by atoms with E-state index < -0.39 is 42.0 Å². The maximum absolute atomic E-state index is 12.9. The maximum atomic E-state index is 12.9. The van der Waals surface area contributed by atoms with Crippen molar-refractivity contribution in [3.63, 3.8) is 0 Å². The van der Waals surface area contributed by atoms with E-state index in [0.717, 1.165) is 18.6 Å². The fraction of sp³-hybridized carbons (Fsp3) is 0.400. The molecule has 2 aliphatic rings. The Labute approximate surface area is 200 Å². The van der Waals surface area contributed by atoms with Gasteiger partial charge in [-0.05, 0) is 73.7 Å². The van der Waals surface area contributed by atoms with Crippen LogP contribution < -0.4 is 10.1 Å². The first-order valence-corrected chi connectivity index (χ1v) is 11.2. The molecule has 0 unspecified atom stereocenters. The third kappa shape index (κ3) is 5.41. The van der Waals surface area contributed by atoms with E-state index in [9.17, 15) is 27.6 Å². The van der Waals surface area contributed by atoms with E-state index in [1.54, 1.807) is 31.2 Å². The molecule has 186 valence electrons. The lowest BCUT2D eigenvalue weighted by atomic mass is 10.0. The third-order valence-electron chi connectivity index (χ3n) is 6.35. The van der Waals surface area contributed by atoms with Crippen molar-refractivity contribution in [1.29, 1.82) is 0 Å². The number of rotatable bonds is 7. The van der Waals surface area contributed by atoms with Crippen LogP contribution in [0.5, 0.6) is 11.5 Å². The Hall–Kier alpha value is -3.56. The smallest absolute Gasteiger partial charge is 0.416 e. The number of carbonyl (C=O) groups is 3. The molecule has 2 aromatic rings. The molecule has 1 saturated heterocycles. The number of hydrogen-bond donors (Lipinski definition) is 1. The van der Waals surface area contributed by atoms with Crippen LogP contribution in [0, 0.1) is 5.41 Å². The number of carbonyl (C=O) groups excluding carboxylic acids is 3. The van der Waals surface area contributed by atoms with Gasteiger partial charge in [-0.15, -0.1) is 0 Å². The van der Waals surface area contributed by atoms with Crippen LogP contribution in [0.3, 0.4) is 0 Å². The van der Waals surface area contributed by atoms with Crippen LogP contribution in [0.25, 0.3) is 0 Å². The van der Waals surface area contributed by atoms with Gasteiger partial charge in [0.05, 0.1) is 12.2 Å². The molecule has 0 bridgehead atoms. The van der Waals surface area contributed by atoms with Crippen molar-refractivity contribution < 1.29 is 37.0 Å². The highest BCUT2D eigenvalue weighted by Crippen LogP contribution is 2.59. The summed E-state index contributed by atoms with van der Waals surface area (Å²) >= 11 is 0. The van der Waals surface area contributed by atoms with E-state index in [1.165, 1.54) is 17.0 Å². The average molecular weight is 490 g/mol. The Bertz CT molecular complexity index is 1120. The second-order valence-corrected chi connectivity index (χ2v) is 9.02. The molecule has 10 heteroatoms.